The van der Waals surface area contributed by atoms with Crippen molar-refractivity contribution in [1.82, 2.24) is 4.98 Å². The number of aromatic nitrogens is 1. The minimum atomic E-state index is -0.821. The molecule has 1 fully saturated rings. The van der Waals surface area contributed by atoms with E-state index in [9.17, 15) is 15.2 Å². The molecule has 0 bridgehead atoms. The lowest BCUT2D eigenvalue weighted by Gasteiger charge is -2.40. The van der Waals surface area contributed by atoms with Gasteiger partial charge < -0.3 is 10.4 Å². The summed E-state index contributed by atoms with van der Waals surface area (Å²) in [5, 5.41) is 24.5. The Morgan fingerprint density at radius 2 is 2.05 bits per heavy atom. The fourth-order valence-electron chi connectivity index (χ4n) is 2.52. The van der Waals surface area contributed by atoms with Gasteiger partial charge in [0, 0.05) is 23.3 Å². The van der Waals surface area contributed by atoms with E-state index in [1.54, 1.807) is 0 Å². The maximum absolute atomic E-state index is 11.0. The van der Waals surface area contributed by atoms with Crippen LogP contribution in [-0.2, 0) is 0 Å². The van der Waals surface area contributed by atoms with Gasteiger partial charge in [0.2, 0.25) is 5.82 Å². The van der Waals surface area contributed by atoms with Crippen LogP contribution in [0.2, 0.25) is 0 Å². The fraction of sp³-hybridized carbons (Fsp3) is 0.643. The zero-order valence-corrected chi connectivity index (χ0v) is 13.8. The van der Waals surface area contributed by atoms with Gasteiger partial charge in [0.1, 0.15) is 0 Å². The fourth-order valence-corrected chi connectivity index (χ4v) is 2.84. The molecule has 1 saturated carbocycles. The van der Waals surface area contributed by atoms with Gasteiger partial charge in [0.15, 0.2) is 0 Å². The van der Waals surface area contributed by atoms with Crippen LogP contribution in [0.3, 0.4) is 0 Å². The SMILES string of the molecule is CC1(C)CCC(O)(CNc2ncc(Br)cc2[N+](=O)[O-])CC1. The molecule has 0 radical (unpaired) electrons. The zero-order valence-electron chi connectivity index (χ0n) is 12.2. The molecule has 0 amide bonds. The van der Waals surface area contributed by atoms with Crippen molar-refractivity contribution in [3.05, 3.63) is 26.9 Å². The summed E-state index contributed by atoms with van der Waals surface area (Å²) < 4.78 is 0.554. The van der Waals surface area contributed by atoms with Crippen LogP contribution in [0.15, 0.2) is 16.7 Å². The molecule has 0 saturated heterocycles. The predicted octanol–water partition coefficient (Wildman–Crippen LogP) is 3.50. The molecule has 0 unspecified atom stereocenters. The summed E-state index contributed by atoms with van der Waals surface area (Å²) >= 11 is 3.17. The number of nitro groups is 1. The standard InChI is InChI=1S/C14H20BrN3O3/c1-13(2)3-5-14(19,6-4-13)9-17-12-11(18(20)21)7-10(15)8-16-12/h7-8,19H,3-6,9H2,1-2H3,(H,16,17). The first-order valence-corrected chi connectivity index (χ1v) is 7.76. The van der Waals surface area contributed by atoms with E-state index in [1.165, 1.54) is 12.3 Å². The highest BCUT2D eigenvalue weighted by Crippen LogP contribution is 2.40. The van der Waals surface area contributed by atoms with Crippen LogP contribution in [-0.4, -0.2) is 27.2 Å². The zero-order chi connectivity index (χ0) is 15.7. The quantitative estimate of drug-likeness (QED) is 0.635. The Kier molecular flexibility index (Phi) is 4.53. The summed E-state index contributed by atoms with van der Waals surface area (Å²) in [6, 6.07) is 1.41. The number of hydrogen-bond acceptors (Lipinski definition) is 5. The van der Waals surface area contributed by atoms with Gasteiger partial charge in [-0.1, -0.05) is 13.8 Å². The average molecular weight is 358 g/mol. The molecule has 1 heterocycles. The monoisotopic (exact) mass is 357 g/mol. The van der Waals surface area contributed by atoms with Crippen molar-refractivity contribution in [3.8, 4) is 0 Å². The van der Waals surface area contributed by atoms with E-state index in [0.717, 1.165) is 12.8 Å². The highest BCUT2D eigenvalue weighted by atomic mass is 79.9. The first-order chi connectivity index (χ1) is 9.71. The highest BCUT2D eigenvalue weighted by Gasteiger charge is 2.36. The van der Waals surface area contributed by atoms with Gasteiger partial charge in [-0.15, -0.1) is 0 Å². The van der Waals surface area contributed by atoms with E-state index in [2.05, 4.69) is 40.1 Å². The normalized spacial score (nSPS) is 20.0. The van der Waals surface area contributed by atoms with Gasteiger partial charge in [-0.2, -0.15) is 0 Å². The van der Waals surface area contributed by atoms with E-state index < -0.39 is 10.5 Å². The second-order valence-electron chi connectivity index (χ2n) is 6.52. The second-order valence-corrected chi connectivity index (χ2v) is 7.44. The molecule has 1 aliphatic rings. The summed E-state index contributed by atoms with van der Waals surface area (Å²) in [6.07, 6.45) is 4.78. The Balaban J connectivity index is 2.05. The van der Waals surface area contributed by atoms with Gasteiger partial charge in [-0.3, -0.25) is 10.1 Å². The van der Waals surface area contributed by atoms with Crippen molar-refractivity contribution in [3.63, 3.8) is 0 Å². The van der Waals surface area contributed by atoms with Crippen LogP contribution in [0.25, 0.3) is 0 Å². The van der Waals surface area contributed by atoms with Crippen molar-refractivity contribution in [1.29, 1.82) is 0 Å². The summed E-state index contributed by atoms with van der Waals surface area (Å²) in [4.78, 5) is 14.6. The lowest BCUT2D eigenvalue weighted by molar-refractivity contribution is -0.384. The summed E-state index contributed by atoms with van der Waals surface area (Å²) in [6.45, 7) is 4.67. The van der Waals surface area contributed by atoms with Gasteiger partial charge in [0.25, 0.3) is 0 Å². The largest absolute Gasteiger partial charge is 0.388 e. The van der Waals surface area contributed by atoms with E-state index in [4.69, 9.17) is 0 Å². The van der Waals surface area contributed by atoms with Gasteiger partial charge in [-0.05, 0) is 47.0 Å². The molecule has 1 aromatic heterocycles. The number of pyridine rings is 1. The molecule has 2 N–H and O–H groups in total. The highest BCUT2D eigenvalue weighted by molar-refractivity contribution is 9.10. The number of aliphatic hydroxyl groups is 1. The number of rotatable bonds is 4. The van der Waals surface area contributed by atoms with Gasteiger partial charge in [0.05, 0.1) is 10.5 Å². The van der Waals surface area contributed by atoms with Crippen molar-refractivity contribution >= 4 is 27.4 Å². The predicted molar refractivity (Wildman–Crippen MR) is 84.3 cm³/mol. The van der Waals surface area contributed by atoms with Gasteiger partial charge in [-0.25, -0.2) is 4.98 Å². The van der Waals surface area contributed by atoms with Crippen molar-refractivity contribution < 1.29 is 10.0 Å². The first-order valence-electron chi connectivity index (χ1n) is 6.97. The molecule has 0 aromatic carbocycles. The van der Waals surface area contributed by atoms with Crippen LogP contribution in [0, 0.1) is 15.5 Å². The summed E-state index contributed by atoms with van der Waals surface area (Å²) in [7, 11) is 0. The molecule has 116 valence electrons. The second kappa shape index (κ2) is 5.88. The third kappa shape index (κ3) is 4.14. The average Bonchev–Trinajstić information content (AvgIpc) is 2.41. The Labute approximate surface area is 132 Å². The van der Waals surface area contributed by atoms with E-state index >= 15 is 0 Å². The van der Waals surface area contributed by atoms with Crippen molar-refractivity contribution in [2.75, 3.05) is 11.9 Å². The van der Waals surface area contributed by atoms with Crippen LogP contribution < -0.4 is 5.32 Å². The van der Waals surface area contributed by atoms with Crippen molar-refractivity contribution in [2.45, 2.75) is 45.1 Å². The minimum Gasteiger partial charge on any atom is -0.388 e. The smallest absolute Gasteiger partial charge is 0.312 e. The molecule has 2 rings (SSSR count). The molecular weight excluding hydrogens is 338 g/mol. The maximum atomic E-state index is 11.0. The van der Waals surface area contributed by atoms with Crippen molar-refractivity contribution in [2.24, 2.45) is 5.41 Å². The van der Waals surface area contributed by atoms with E-state index in [-0.39, 0.29) is 23.5 Å². The van der Waals surface area contributed by atoms with Crippen LogP contribution in [0.4, 0.5) is 11.5 Å². The topological polar surface area (TPSA) is 88.3 Å². The summed E-state index contributed by atoms with van der Waals surface area (Å²) in [5.41, 5.74) is -0.657. The number of anilines is 1. The van der Waals surface area contributed by atoms with Gasteiger partial charge >= 0.3 is 5.69 Å². The Bertz CT molecular complexity index is 538. The molecule has 0 spiro atoms. The van der Waals surface area contributed by atoms with Crippen LogP contribution in [0.5, 0.6) is 0 Å². The Morgan fingerprint density at radius 3 is 2.62 bits per heavy atom. The van der Waals surface area contributed by atoms with Crippen LogP contribution >= 0.6 is 15.9 Å². The summed E-state index contributed by atoms with van der Waals surface area (Å²) in [5.74, 6) is 0.196. The third-order valence-corrected chi connectivity index (χ3v) is 4.58. The number of nitrogens with one attached hydrogen (secondary N) is 1. The molecule has 6 nitrogen and oxygen atoms in total. The molecular formula is C14H20BrN3O3. The van der Waals surface area contributed by atoms with Crippen LogP contribution in [0.1, 0.15) is 39.5 Å². The molecule has 7 heteroatoms. The lowest BCUT2D eigenvalue weighted by Crippen LogP contribution is -2.42. The first kappa shape index (κ1) is 16.2. The minimum absolute atomic E-state index is 0.0934. The molecule has 0 aliphatic heterocycles. The molecule has 1 aromatic rings. The lowest BCUT2D eigenvalue weighted by atomic mass is 9.71. The number of hydrogen-bond donors (Lipinski definition) is 2. The number of halogens is 1. The molecule has 0 atom stereocenters. The molecule has 21 heavy (non-hydrogen) atoms. The maximum Gasteiger partial charge on any atom is 0.312 e. The molecule has 1 aliphatic carbocycles. The third-order valence-electron chi connectivity index (χ3n) is 4.15. The Hall–Kier alpha value is -1.21. The number of nitrogens with zero attached hydrogens (tertiary/aromatic N) is 2. The van der Waals surface area contributed by atoms with E-state index in [1.807, 2.05) is 0 Å². The Morgan fingerprint density at radius 1 is 1.43 bits per heavy atom. The van der Waals surface area contributed by atoms with E-state index in [0.29, 0.717) is 17.3 Å².